The van der Waals surface area contributed by atoms with Crippen LogP contribution in [0.2, 0.25) is 0 Å². The maximum atomic E-state index is 11.1. The van der Waals surface area contributed by atoms with E-state index in [2.05, 4.69) is 10.6 Å². The average Bonchev–Trinajstić information content (AvgIpc) is 2.82. The number of nitrogens with one attached hydrogen (secondary N) is 2. The highest BCUT2D eigenvalue weighted by Crippen LogP contribution is 2.27. The second-order valence-corrected chi connectivity index (χ2v) is 8.50. The van der Waals surface area contributed by atoms with E-state index in [1.54, 1.807) is 18.2 Å². The van der Waals surface area contributed by atoms with Gasteiger partial charge in [-0.1, -0.05) is 24.3 Å². The number of ether oxygens (including phenoxy) is 1. The Kier molecular flexibility index (Phi) is 7.19. The number of nitro benzene ring substituents is 1. The molecule has 1 aliphatic rings. The van der Waals surface area contributed by atoms with Crippen LogP contribution in [0, 0.1) is 10.1 Å². The summed E-state index contributed by atoms with van der Waals surface area (Å²) in [7, 11) is 3.99. The molecule has 0 radical (unpaired) electrons. The summed E-state index contributed by atoms with van der Waals surface area (Å²) < 4.78 is 5.62. The number of nitro groups is 1. The molecule has 4 rings (SSSR count). The number of fused-ring (bicyclic) bond motifs is 1. The number of hydrogen-bond donors (Lipinski definition) is 2. The summed E-state index contributed by atoms with van der Waals surface area (Å²) in [5, 5.41) is 19.2. The van der Waals surface area contributed by atoms with Crippen LogP contribution >= 0.6 is 0 Å². The van der Waals surface area contributed by atoms with Crippen LogP contribution in [0.3, 0.4) is 0 Å². The zero-order valence-electron chi connectivity index (χ0n) is 19.0. The Morgan fingerprint density at radius 1 is 1.03 bits per heavy atom. The first-order chi connectivity index (χ1) is 16.0. The van der Waals surface area contributed by atoms with Gasteiger partial charge >= 0.3 is 5.69 Å². The van der Waals surface area contributed by atoms with Crippen molar-refractivity contribution in [2.24, 2.45) is 0 Å². The molecule has 1 aliphatic carbocycles. The van der Waals surface area contributed by atoms with Gasteiger partial charge in [0.2, 0.25) is 5.95 Å². The fraction of sp³-hybridized carbons (Fsp3) is 0.417. The highest BCUT2D eigenvalue weighted by Gasteiger charge is 2.22. The normalized spacial score (nSPS) is 18.1. The molecule has 2 N–H and O–H groups in total. The van der Waals surface area contributed by atoms with Crippen molar-refractivity contribution >= 4 is 28.4 Å². The summed E-state index contributed by atoms with van der Waals surface area (Å²) in [4.78, 5) is 22.1. The molecule has 0 aliphatic heterocycles. The summed E-state index contributed by atoms with van der Waals surface area (Å²) in [6.07, 6.45) is 4.13. The molecule has 0 bridgehead atoms. The van der Waals surface area contributed by atoms with Crippen molar-refractivity contribution in [3.05, 3.63) is 58.6 Å². The van der Waals surface area contributed by atoms with Crippen molar-refractivity contribution in [3.8, 4) is 5.75 Å². The second-order valence-electron chi connectivity index (χ2n) is 8.50. The lowest BCUT2D eigenvalue weighted by molar-refractivity contribution is -0.385. The third kappa shape index (κ3) is 5.67. The van der Waals surface area contributed by atoms with Crippen LogP contribution in [0.15, 0.2) is 48.5 Å². The van der Waals surface area contributed by atoms with Gasteiger partial charge in [-0.2, -0.15) is 4.98 Å². The molecular formula is C24H30N6O3. The molecule has 174 valence electrons. The molecule has 1 fully saturated rings. The fourth-order valence-electron chi connectivity index (χ4n) is 4.24. The lowest BCUT2D eigenvalue weighted by Crippen LogP contribution is -2.38. The average molecular weight is 451 g/mol. The number of para-hydroxylation sites is 3. The van der Waals surface area contributed by atoms with E-state index in [1.807, 2.05) is 43.3 Å². The maximum absolute atomic E-state index is 11.1. The van der Waals surface area contributed by atoms with Crippen molar-refractivity contribution in [1.82, 2.24) is 15.3 Å². The predicted octanol–water partition coefficient (Wildman–Crippen LogP) is 4.00. The molecular weight excluding hydrogens is 420 g/mol. The van der Waals surface area contributed by atoms with Crippen molar-refractivity contribution in [3.63, 3.8) is 0 Å². The smallest absolute Gasteiger partial charge is 0.310 e. The standard InChI is InChI=1S/C24H30N6O3/c1-29(2)23-19-7-3-4-8-20(19)27-24(28-23)26-18-13-11-17(12-14-18)25-15-16-33-22-10-6-5-9-21(22)30(31)32/h3-10,17-18,25H,11-16H2,1-2H3,(H,26,27,28). The Balaban J connectivity index is 1.25. The largest absolute Gasteiger partial charge is 0.485 e. The van der Waals surface area contributed by atoms with Gasteiger partial charge < -0.3 is 20.3 Å². The molecule has 0 unspecified atom stereocenters. The van der Waals surface area contributed by atoms with E-state index in [4.69, 9.17) is 14.7 Å². The molecule has 3 aromatic rings. The zero-order chi connectivity index (χ0) is 23.2. The van der Waals surface area contributed by atoms with Crippen LogP contribution in [0.4, 0.5) is 17.5 Å². The predicted molar refractivity (Wildman–Crippen MR) is 130 cm³/mol. The Morgan fingerprint density at radius 2 is 1.73 bits per heavy atom. The van der Waals surface area contributed by atoms with Crippen LogP contribution in [0.25, 0.3) is 10.9 Å². The summed E-state index contributed by atoms with van der Waals surface area (Å²) in [5.74, 6) is 1.90. The van der Waals surface area contributed by atoms with E-state index >= 15 is 0 Å². The maximum Gasteiger partial charge on any atom is 0.310 e. The first kappa shape index (κ1) is 22.7. The second kappa shape index (κ2) is 10.4. The Labute approximate surface area is 193 Å². The number of anilines is 2. The van der Waals surface area contributed by atoms with E-state index in [9.17, 15) is 10.1 Å². The molecule has 1 aromatic heterocycles. The first-order valence-corrected chi connectivity index (χ1v) is 11.3. The summed E-state index contributed by atoms with van der Waals surface area (Å²) in [5.41, 5.74) is 0.935. The SMILES string of the molecule is CN(C)c1nc(NC2CCC(NCCOc3ccccc3[N+](=O)[O-])CC2)nc2ccccc12. The Bertz CT molecular complexity index is 1100. The van der Waals surface area contributed by atoms with Crippen LogP contribution in [-0.4, -0.2) is 54.2 Å². The number of aromatic nitrogens is 2. The first-order valence-electron chi connectivity index (χ1n) is 11.3. The molecule has 33 heavy (non-hydrogen) atoms. The topological polar surface area (TPSA) is 105 Å². The molecule has 9 nitrogen and oxygen atoms in total. The Morgan fingerprint density at radius 3 is 2.48 bits per heavy atom. The van der Waals surface area contributed by atoms with Crippen molar-refractivity contribution in [2.45, 2.75) is 37.8 Å². The summed E-state index contributed by atoms with van der Waals surface area (Å²) in [6.45, 7) is 1.04. The van der Waals surface area contributed by atoms with E-state index in [-0.39, 0.29) is 5.69 Å². The van der Waals surface area contributed by atoms with E-state index in [0.29, 0.717) is 36.9 Å². The number of nitrogens with zero attached hydrogens (tertiary/aromatic N) is 4. The molecule has 1 heterocycles. The molecule has 1 saturated carbocycles. The van der Waals surface area contributed by atoms with Crippen LogP contribution in [0.1, 0.15) is 25.7 Å². The van der Waals surface area contributed by atoms with Gasteiger partial charge in [-0.3, -0.25) is 10.1 Å². The van der Waals surface area contributed by atoms with Gasteiger partial charge in [-0.05, 0) is 43.9 Å². The monoisotopic (exact) mass is 450 g/mol. The highest BCUT2D eigenvalue weighted by molar-refractivity contribution is 5.90. The minimum absolute atomic E-state index is 0.00239. The van der Waals surface area contributed by atoms with Gasteiger partial charge in [-0.15, -0.1) is 0 Å². The molecule has 0 atom stereocenters. The quantitative estimate of drug-likeness (QED) is 0.286. The van der Waals surface area contributed by atoms with Gasteiger partial charge in [0.1, 0.15) is 12.4 Å². The van der Waals surface area contributed by atoms with Crippen LogP contribution in [0.5, 0.6) is 5.75 Å². The summed E-state index contributed by atoms with van der Waals surface area (Å²) >= 11 is 0. The third-order valence-electron chi connectivity index (χ3n) is 5.92. The van der Waals surface area contributed by atoms with E-state index in [1.165, 1.54) is 6.07 Å². The van der Waals surface area contributed by atoms with E-state index < -0.39 is 4.92 Å². The highest BCUT2D eigenvalue weighted by atomic mass is 16.6. The van der Waals surface area contributed by atoms with Gasteiger partial charge in [0, 0.05) is 44.2 Å². The third-order valence-corrected chi connectivity index (χ3v) is 5.92. The van der Waals surface area contributed by atoms with Crippen molar-refractivity contribution < 1.29 is 9.66 Å². The minimum atomic E-state index is -0.419. The van der Waals surface area contributed by atoms with Crippen molar-refractivity contribution in [1.29, 1.82) is 0 Å². The zero-order valence-corrected chi connectivity index (χ0v) is 19.0. The lowest BCUT2D eigenvalue weighted by Gasteiger charge is -2.30. The van der Waals surface area contributed by atoms with Crippen LogP contribution in [-0.2, 0) is 0 Å². The number of hydrogen-bond acceptors (Lipinski definition) is 8. The number of rotatable bonds is 9. The van der Waals surface area contributed by atoms with Gasteiger partial charge in [0.05, 0.1) is 10.4 Å². The summed E-state index contributed by atoms with van der Waals surface area (Å²) in [6, 6.07) is 15.3. The van der Waals surface area contributed by atoms with E-state index in [0.717, 1.165) is 42.4 Å². The molecule has 0 spiro atoms. The fourth-order valence-corrected chi connectivity index (χ4v) is 4.24. The molecule has 2 aromatic carbocycles. The molecule has 0 amide bonds. The van der Waals surface area contributed by atoms with Crippen molar-refractivity contribution in [2.75, 3.05) is 37.5 Å². The van der Waals surface area contributed by atoms with Gasteiger partial charge in [0.15, 0.2) is 5.75 Å². The minimum Gasteiger partial charge on any atom is -0.485 e. The molecule has 0 saturated heterocycles. The van der Waals surface area contributed by atoms with Crippen LogP contribution < -0.4 is 20.3 Å². The van der Waals surface area contributed by atoms with Gasteiger partial charge in [-0.25, -0.2) is 4.98 Å². The molecule has 9 heteroatoms. The number of benzene rings is 2. The van der Waals surface area contributed by atoms with Gasteiger partial charge in [0.25, 0.3) is 0 Å². The Hall–Kier alpha value is -3.46. The lowest BCUT2D eigenvalue weighted by atomic mass is 9.91.